The van der Waals surface area contributed by atoms with Gasteiger partial charge >= 0.3 is 0 Å². The van der Waals surface area contributed by atoms with Crippen LogP contribution in [-0.2, 0) is 0 Å². The summed E-state index contributed by atoms with van der Waals surface area (Å²) >= 11 is 0. The third kappa shape index (κ3) is 3.21. The van der Waals surface area contributed by atoms with Crippen molar-refractivity contribution in [3.63, 3.8) is 0 Å². The van der Waals surface area contributed by atoms with Crippen molar-refractivity contribution in [3.05, 3.63) is 64.3 Å². The van der Waals surface area contributed by atoms with Gasteiger partial charge < -0.3 is 9.88 Å². The highest BCUT2D eigenvalue weighted by Gasteiger charge is 2.24. The van der Waals surface area contributed by atoms with E-state index < -0.39 is 0 Å². The maximum atomic E-state index is 13.7. The van der Waals surface area contributed by atoms with Crippen LogP contribution in [0.5, 0.6) is 0 Å². The molecule has 0 aliphatic heterocycles. The number of aromatic nitrogens is 1. The van der Waals surface area contributed by atoms with E-state index in [1.165, 1.54) is 18.9 Å². The van der Waals surface area contributed by atoms with E-state index in [-0.39, 0.29) is 17.4 Å². The number of nitrogens with one attached hydrogen (secondary N) is 1. The van der Waals surface area contributed by atoms with Crippen LogP contribution in [0.15, 0.2) is 47.4 Å². The van der Waals surface area contributed by atoms with Crippen LogP contribution in [0.2, 0.25) is 0 Å². The summed E-state index contributed by atoms with van der Waals surface area (Å²) in [5, 5.41) is 2.87. The Kier molecular flexibility index (Phi) is 4.27. The maximum absolute atomic E-state index is 13.7. The third-order valence-corrected chi connectivity index (χ3v) is 4.38. The Morgan fingerprint density at radius 2 is 2.14 bits per heavy atom. The number of nitrogens with zero attached hydrogens (tertiary/aromatic N) is 1. The average Bonchev–Trinajstić information content (AvgIpc) is 3.34. The molecule has 0 spiro atoms. The van der Waals surface area contributed by atoms with E-state index in [9.17, 15) is 9.18 Å². The van der Waals surface area contributed by atoms with Crippen molar-refractivity contribution in [1.29, 1.82) is 0 Å². The molecular weight excluding hydrogens is 279 g/mol. The Morgan fingerprint density at radius 3 is 2.82 bits per heavy atom. The van der Waals surface area contributed by atoms with Gasteiger partial charge in [-0.1, -0.05) is 25.0 Å². The highest BCUT2D eigenvalue weighted by molar-refractivity contribution is 5.47. The van der Waals surface area contributed by atoms with Crippen molar-refractivity contribution in [3.8, 4) is 0 Å². The zero-order valence-corrected chi connectivity index (χ0v) is 12.8. The molecule has 0 saturated heterocycles. The monoisotopic (exact) mass is 300 g/mol. The van der Waals surface area contributed by atoms with E-state index in [1.54, 1.807) is 29.8 Å². The summed E-state index contributed by atoms with van der Waals surface area (Å²) in [5.41, 5.74) is 1.43. The summed E-state index contributed by atoms with van der Waals surface area (Å²) in [7, 11) is 1.70. The van der Waals surface area contributed by atoms with Gasteiger partial charge in [0.25, 0.3) is 5.56 Å². The molecular formula is C18H21FN2O. The fourth-order valence-electron chi connectivity index (χ4n) is 2.91. The third-order valence-electron chi connectivity index (χ3n) is 4.38. The number of halogens is 1. The van der Waals surface area contributed by atoms with Crippen LogP contribution in [0.4, 0.5) is 10.1 Å². The number of pyridine rings is 1. The first-order chi connectivity index (χ1) is 10.7. The molecule has 116 valence electrons. The standard InChI is InChI=1S/C18H21FN2O/c1-20-16-12-14(8-9-15(16)19)17(10-7-13-5-6-13)21-11-3-2-4-18(21)22/h2-4,8-9,11-13,17,20H,5-7,10H2,1H3. The van der Waals surface area contributed by atoms with Crippen LogP contribution in [0.3, 0.4) is 0 Å². The zero-order chi connectivity index (χ0) is 15.5. The van der Waals surface area contributed by atoms with Crippen LogP contribution in [0.1, 0.15) is 37.3 Å². The van der Waals surface area contributed by atoms with Crippen molar-refractivity contribution in [1.82, 2.24) is 4.57 Å². The largest absolute Gasteiger partial charge is 0.386 e. The molecule has 1 aliphatic rings. The van der Waals surface area contributed by atoms with Gasteiger partial charge in [-0.2, -0.15) is 0 Å². The predicted molar refractivity (Wildman–Crippen MR) is 86.7 cm³/mol. The van der Waals surface area contributed by atoms with Crippen molar-refractivity contribution in [2.75, 3.05) is 12.4 Å². The molecule has 2 aromatic rings. The first kappa shape index (κ1) is 14.8. The molecule has 1 aliphatic carbocycles. The van der Waals surface area contributed by atoms with Crippen molar-refractivity contribution in [2.24, 2.45) is 5.92 Å². The zero-order valence-electron chi connectivity index (χ0n) is 12.8. The number of hydrogen-bond acceptors (Lipinski definition) is 2. The fraction of sp³-hybridized carbons (Fsp3) is 0.389. The molecule has 1 fully saturated rings. The van der Waals surface area contributed by atoms with E-state index in [1.807, 2.05) is 18.3 Å². The van der Waals surface area contributed by atoms with Crippen molar-refractivity contribution < 1.29 is 4.39 Å². The molecule has 1 saturated carbocycles. The lowest BCUT2D eigenvalue weighted by molar-refractivity contribution is 0.487. The van der Waals surface area contributed by atoms with E-state index in [0.29, 0.717) is 5.69 Å². The Hall–Kier alpha value is -2.10. The molecule has 1 N–H and O–H groups in total. The normalized spacial score (nSPS) is 15.5. The summed E-state index contributed by atoms with van der Waals surface area (Å²) in [6.45, 7) is 0. The molecule has 1 atom stereocenters. The summed E-state index contributed by atoms with van der Waals surface area (Å²) in [5.74, 6) is 0.527. The Bertz CT molecular complexity index is 706. The molecule has 3 rings (SSSR count). The minimum absolute atomic E-state index is 0.0152. The highest BCUT2D eigenvalue weighted by atomic mass is 19.1. The molecule has 1 unspecified atom stereocenters. The summed E-state index contributed by atoms with van der Waals surface area (Å²) < 4.78 is 15.5. The highest BCUT2D eigenvalue weighted by Crippen LogP contribution is 2.37. The second-order valence-electron chi connectivity index (χ2n) is 5.97. The van der Waals surface area contributed by atoms with Crippen molar-refractivity contribution >= 4 is 5.69 Å². The van der Waals surface area contributed by atoms with Crippen molar-refractivity contribution in [2.45, 2.75) is 31.7 Å². The lowest BCUT2D eigenvalue weighted by Crippen LogP contribution is -2.24. The molecule has 3 nitrogen and oxygen atoms in total. The smallest absolute Gasteiger partial charge is 0.251 e. The quantitative estimate of drug-likeness (QED) is 0.880. The van der Waals surface area contributed by atoms with Crippen LogP contribution in [-0.4, -0.2) is 11.6 Å². The second kappa shape index (κ2) is 6.34. The molecule has 0 amide bonds. The van der Waals surface area contributed by atoms with E-state index in [0.717, 1.165) is 24.3 Å². The number of rotatable bonds is 6. The van der Waals surface area contributed by atoms with Gasteiger partial charge in [0, 0.05) is 19.3 Å². The van der Waals surface area contributed by atoms with Gasteiger partial charge in [-0.25, -0.2) is 4.39 Å². The number of benzene rings is 1. The Morgan fingerprint density at radius 1 is 1.32 bits per heavy atom. The minimum Gasteiger partial charge on any atom is -0.386 e. The summed E-state index contributed by atoms with van der Waals surface area (Å²) in [6.07, 6.45) is 6.42. The van der Waals surface area contributed by atoms with Crippen LogP contribution in [0.25, 0.3) is 0 Å². The lowest BCUT2D eigenvalue weighted by Gasteiger charge is -2.21. The number of anilines is 1. The van der Waals surface area contributed by atoms with Gasteiger partial charge in [0.1, 0.15) is 5.82 Å². The van der Waals surface area contributed by atoms with Crippen LogP contribution >= 0.6 is 0 Å². The molecule has 4 heteroatoms. The molecule has 0 radical (unpaired) electrons. The van der Waals surface area contributed by atoms with E-state index in [4.69, 9.17) is 0 Å². The Labute approximate surface area is 129 Å². The summed E-state index contributed by atoms with van der Waals surface area (Å²) in [6, 6.07) is 10.2. The minimum atomic E-state index is -0.271. The van der Waals surface area contributed by atoms with Crippen LogP contribution < -0.4 is 10.9 Å². The van der Waals surface area contributed by atoms with Gasteiger partial charge in [0.05, 0.1) is 11.7 Å². The van der Waals surface area contributed by atoms with Crippen LogP contribution in [0, 0.1) is 11.7 Å². The second-order valence-corrected chi connectivity index (χ2v) is 5.97. The molecule has 1 heterocycles. The number of hydrogen-bond donors (Lipinski definition) is 1. The van der Waals surface area contributed by atoms with Gasteiger partial charge in [-0.3, -0.25) is 4.79 Å². The van der Waals surface area contributed by atoms with Gasteiger partial charge in [0.2, 0.25) is 0 Å². The molecule has 0 bridgehead atoms. The SMILES string of the molecule is CNc1cc(C(CCC2CC2)n2ccccc2=O)ccc1F. The van der Waals surface area contributed by atoms with Gasteiger partial charge in [-0.15, -0.1) is 0 Å². The predicted octanol–water partition coefficient (Wildman–Crippen LogP) is 3.81. The van der Waals surface area contributed by atoms with Gasteiger partial charge in [-0.05, 0) is 42.5 Å². The Balaban J connectivity index is 1.97. The first-order valence-corrected chi connectivity index (χ1v) is 7.83. The topological polar surface area (TPSA) is 34.0 Å². The van der Waals surface area contributed by atoms with Gasteiger partial charge in [0.15, 0.2) is 0 Å². The lowest BCUT2D eigenvalue weighted by atomic mass is 9.99. The fourth-order valence-corrected chi connectivity index (χ4v) is 2.91. The molecule has 1 aromatic carbocycles. The first-order valence-electron chi connectivity index (χ1n) is 7.83. The maximum Gasteiger partial charge on any atom is 0.251 e. The molecule has 1 aromatic heterocycles. The van der Waals surface area contributed by atoms with E-state index in [2.05, 4.69) is 5.32 Å². The summed E-state index contributed by atoms with van der Waals surface area (Å²) in [4.78, 5) is 12.2. The average molecular weight is 300 g/mol. The van der Waals surface area contributed by atoms with E-state index >= 15 is 0 Å². The molecule has 22 heavy (non-hydrogen) atoms.